The van der Waals surface area contributed by atoms with Crippen molar-refractivity contribution in [2.75, 3.05) is 0 Å². The molecule has 3 rings (SSSR count). The highest BCUT2D eigenvalue weighted by molar-refractivity contribution is 5.78. The summed E-state index contributed by atoms with van der Waals surface area (Å²) in [5.41, 5.74) is -1.78. The molecule has 0 radical (unpaired) electrons. The molecule has 1 amide bonds. The maximum Gasteiger partial charge on any atom is 0.328 e. The Labute approximate surface area is 166 Å². The van der Waals surface area contributed by atoms with E-state index in [0.29, 0.717) is 25.7 Å². The van der Waals surface area contributed by atoms with E-state index in [1.165, 1.54) is 10.8 Å². The van der Waals surface area contributed by atoms with E-state index in [-0.39, 0.29) is 18.7 Å². The molecule has 2 saturated carbocycles. The number of hydrogen-bond donors (Lipinski definition) is 5. The van der Waals surface area contributed by atoms with E-state index < -0.39 is 46.9 Å². The van der Waals surface area contributed by atoms with E-state index in [2.05, 4.69) is 10.3 Å². The van der Waals surface area contributed by atoms with Crippen LogP contribution >= 0.6 is 0 Å². The highest BCUT2D eigenvalue weighted by Gasteiger charge is 2.42. The molecule has 29 heavy (non-hydrogen) atoms. The van der Waals surface area contributed by atoms with Gasteiger partial charge in [-0.1, -0.05) is 12.8 Å². The van der Waals surface area contributed by atoms with E-state index in [1.54, 1.807) is 0 Å². The Morgan fingerprint density at radius 1 is 1.14 bits per heavy atom. The van der Waals surface area contributed by atoms with Crippen molar-refractivity contribution in [2.45, 2.75) is 75.7 Å². The lowest BCUT2D eigenvalue weighted by Crippen LogP contribution is -2.55. The van der Waals surface area contributed by atoms with Gasteiger partial charge < -0.3 is 20.6 Å². The number of aromatic amines is 1. The number of aliphatic hydroxyl groups is 2. The number of carboxylic acids is 1. The lowest BCUT2D eigenvalue weighted by Gasteiger charge is -2.39. The molecule has 0 spiro atoms. The first-order valence-electron chi connectivity index (χ1n) is 9.90. The van der Waals surface area contributed by atoms with Gasteiger partial charge in [-0.05, 0) is 31.1 Å². The molecule has 0 saturated heterocycles. The van der Waals surface area contributed by atoms with Gasteiger partial charge in [0.2, 0.25) is 5.91 Å². The largest absolute Gasteiger partial charge is 0.481 e. The summed E-state index contributed by atoms with van der Waals surface area (Å²) < 4.78 is 1.17. The highest BCUT2D eigenvalue weighted by Crippen LogP contribution is 2.44. The molecule has 0 unspecified atom stereocenters. The maximum atomic E-state index is 12.6. The molecule has 1 aromatic heterocycles. The van der Waals surface area contributed by atoms with E-state index in [0.717, 1.165) is 18.9 Å². The summed E-state index contributed by atoms with van der Waals surface area (Å²) in [6, 6.07) is -0.260. The molecule has 10 heteroatoms. The number of hydrogen-bond acceptors (Lipinski definition) is 6. The predicted molar refractivity (Wildman–Crippen MR) is 101 cm³/mol. The average molecular weight is 409 g/mol. The molecule has 160 valence electrons. The molecule has 1 heterocycles. The smallest absolute Gasteiger partial charge is 0.328 e. The lowest BCUT2D eigenvalue weighted by atomic mass is 9.79. The monoisotopic (exact) mass is 409 g/mol. The van der Waals surface area contributed by atoms with Crippen LogP contribution in [0.1, 0.15) is 57.4 Å². The second-order valence-electron chi connectivity index (χ2n) is 8.27. The molecule has 10 nitrogen and oxygen atoms in total. The number of carboxylic acid groups (broad SMARTS) is 1. The maximum absolute atomic E-state index is 12.6. The van der Waals surface area contributed by atoms with Crippen molar-refractivity contribution in [3.8, 4) is 0 Å². The Hall–Kier alpha value is -2.46. The van der Waals surface area contributed by atoms with Gasteiger partial charge in [-0.15, -0.1) is 0 Å². The summed E-state index contributed by atoms with van der Waals surface area (Å²) in [6.45, 7) is 0. The fraction of sp³-hybridized carbons (Fsp3) is 0.684. The average Bonchev–Trinajstić information content (AvgIpc) is 3.07. The first kappa shape index (κ1) is 21.3. The second-order valence-corrected chi connectivity index (χ2v) is 8.27. The molecule has 4 atom stereocenters. The number of aromatic nitrogens is 2. The third-order valence-electron chi connectivity index (χ3n) is 6.21. The van der Waals surface area contributed by atoms with Gasteiger partial charge in [0.05, 0.1) is 18.5 Å². The zero-order chi connectivity index (χ0) is 21.2. The van der Waals surface area contributed by atoms with Crippen molar-refractivity contribution in [3.05, 3.63) is 33.1 Å². The standard InChI is InChI=1S/C19H27N3O7/c23-13-5-8-22(18(29)21-13)12-4-3-11(16(27)17(12)28)20-14(24)9-19(10-15(25)26)6-1-2-7-19/h5,8,11-12,16-17,27-28H,1-4,6-7,9-10H2,(H,20,24)(H,25,26)(H,21,23,29)/t11-,12-,16-,17+/m1/s1. The molecule has 2 aliphatic rings. The number of nitrogens with zero attached hydrogens (tertiary/aromatic N) is 1. The molecule has 1 aromatic rings. The number of carbonyl (C=O) groups is 2. The van der Waals surface area contributed by atoms with Crippen molar-refractivity contribution >= 4 is 11.9 Å². The minimum Gasteiger partial charge on any atom is -0.481 e. The number of aliphatic hydroxyl groups excluding tert-OH is 2. The molecule has 0 aliphatic heterocycles. The van der Waals surface area contributed by atoms with Crippen LogP contribution in [0.25, 0.3) is 0 Å². The van der Waals surface area contributed by atoms with Crippen LogP contribution in [0.3, 0.4) is 0 Å². The quantitative estimate of drug-likeness (QED) is 0.423. The third kappa shape index (κ3) is 4.76. The van der Waals surface area contributed by atoms with Gasteiger partial charge in [-0.25, -0.2) is 4.79 Å². The fourth-order valence-electron chi connectivity index (χ4n) is 4.77. The number of H-pyrrole nitrogens is 1. The highest BCUT2D eigenvalue weighted by atomic mass is 16.4. The van der Waals surface area contributed by atoms with Gasteiger partial charge in [0.1, 0.15) is 12.2 Å². The summed E-state index contributed by atoms with van der Waals surface area (Å²) in [4.78, 5) is 49.0. The van der Waals surface area contributed by atoms with Gasteiger partial charge in [-0.2, -0.15) is 0 Å². The topological polar surface area (TPSA) is 162 Å². The number of nitrogens with one attached hydrogen (secondary N) is 2. The van der Waals surface area contributed by atoms with Gasteiger partial charge in [0, 0.05) is 18.7 Å². The SMILES string of the molecule is O=C(O)CC1(CC(=O)N[C@@H]2CC[C@@H](n3ccc(=O)[nH]c3=O)[C@H](O)[C@@H]2O)CCCC1. The fourth-order valence-corrected chi connectivity index (χ4v) is 4.77. The molecule has 0 bridgehead atoms. The Morgan fingerprint density at radius 3 is 2.45 bits per heavy atom. The van der Waals surface area contributed by atoms with E-state index in [4.69, 9.17) is 0 Å². The van der Waals surface area contributed by atoms with Crippen molar-refractivity contribution < 1.29 is 24.9 Å². The first-order valence-corrected chi connectivity index (χ1v) is 9.90. The van der Waals surface area contributed by atoms with Crippen LogP contribution in [0.15, 0.2) is 21.9 Å². The molecule has 2 aliphatic carbocycles. The van der Waals surface area contributed by atoms with Crippen LogP contribution in [-0.4, -0.2) is 55.0 Å². The number of carbonyl (C=O) groups excluding carboxylic acids is 1. The summed E-state index contributed by atoms with van der Waals surface area (Å²) in [5, 5.41) is 32.9. The summed E-state index contributed by atoms with van der Waals surface area (Å²) in [6.07, 6.45) is 2.46. The van der Waals surface area contributed by atoms with Crippen LogP contribution in [0, 0.1) is 5.41 Å². The molecule has 0 aromatic carbocycles. The van der Waals surface area contributed by atoms with E-state index in [9.17, 15) is 34.5 Å². The van der Waals surface area contributed by atoms with E-state index in [1.807, 2.05) is 0 Å². The Bertz CT molecular complexity index is 871. The second kappa shape index (κ2) is 8.50. The predicted octanol–water partition coefficient (Wildman–Crippen LogP) is -0.497. The Morgan fingerprint density at radius 2 is 1.83 bits per heavy atom. The molecular formula is C19H27N3O7. The lowest BCUT2D eigenvalue weighted by molar-refractivity contribution is -0.140. The Balaban J connectivity index is 1.64. The zero-order valence-corrected chi connectivity index (χ0v) is 16.0. The minimum atomic E-state index is -1.31. The van der Waals surface area contributed by atoms with Gasteiger partial charge in [0.25, 0.3) is 5.56 Å². The first-order chi connectivity index (χ1) is 13.7. The normalized spacial score (nSPS) is 28.8. The minimum absolute atomic E-state index is 0.0620. The number of aliphatic carboxylic acids is 1. The van der Waals surface area contributed by atoms with Crippen LogP contribution < -0.4 is 16.6 Å². The number of amides is 1. The van der Waals surface area contributed by atoms with Crippen molar-refractivity contribution in [3.63, 3.8) is 0 Å². The van der Waals surface area contributed by atoms with Crippen LogP contribution in [-0.2, 0) is 9.59 Å². The van der Waals surface area contributed by atoms with Gasteiger partial charge >= 0.3 is 11.7 Å². The number of rotatable bonds is 6. The molecule has 5 N–H and O–H groups in total. The Kier molecular flexibility index (Phi) is 6.23. The van der Waals surface area contributed by atoms with Crippen molar-refractivity contribution in [1.29, 1.82) is 0 Å². The summed E-state index contributed by atoms with van der Waals surface area (Å²) in [7, 11) is 0. The van der Waals surface area contributed by atoms with Crippen LogP contribution in [0.5, 0.6) is 0 Å². The van der Waals surface area contributed by atoms with Crippen LogP contribution in [0.4, 0.5) is 0 Å². The van der Waals surface area contributed by atoms with Crippen molar-refractivity contribution in [2.24, 2.45) is 5.41 Å². The van der Waals surface area contributed by atoms with Gasteiger partial charge in [-0.3, -0.25) is 23.9 Å². The van der Waals surface area contributed by atoms with Gasteiger partial charge in [0.15, 0.2) is 0 Å². The summed E-state index contributed by atoms with van der Waals surface area (Å²) in [5.74, 6) is -1.27. The molecular weight excluding hydrogens is 382 g/mol. The van der Waals surface area contributed by atoms with Crippen molar-refractivity contribution in [1.82, 2.24) is 14.9 Å². The summed E-state index contributed by atoms with van der Waals surface area (Å²) >= 11 is 0. The zero-order valence-electron chi connectivity index (χ0n) is 16.0. The third-order valence-corrected chi connectivity index (χ3v) is 6.21. The van der Waals surface area contributed by atoms with E-state index >= 15 is 0 Å². The molecule has 2 fully saturated rings. The van der Waals surface area contributed by atoms with Crippen LogP contribution in [0.2, 0.25) is 0 Å².